The Hall–Kier alpha value is -3.88. The number of hydrogen-bond donors (Lipinski definition) is 0. The molecule has 3 aliphatic rings. The van der Waals surface area contributed by atoms with Crippen LogP contribution in [-0.2, 0) is 9.59 Å². The van der Waals surface area contributed by atoms with Gasteiger partial charge in [0.25, 0.3) is 11.9 Å². The zero-order chi connectivity index (χ0) is 20.6. The summed E-state index contributed by atoms with van der Waals surface area (Å²) >= 11 is 0. The highest BCUT2D eigenvalue weighted by atomic mass is 16.5. The third kappa shape index (κ3) is 1.96. The average molecular weight is 402 g/mol. The van der Waals surface area contributed by atoms with Crippen molar-refractivity contribution >= 4 is 23.5 Å². The van der Waals surface area contributed by atoms with Crippen LogP contribution in [0.2, 0.25) is 0 Å². The highest BCUT2D eigenvalue weighted by molar-refractivity contribution is 6.10. The Morgan fingerprint density at radius 1 is 0.900 bits per heavy atom. The molecule has 0 bridgehead atoms. The van der Waals surface area contributed by atoms with Gasteiger partial charge in [-0.1, -0.05) is 24.3 Å². The molecular weight excluding hydrogens is 384 g/mol. The molecule has 3 aromatic rings. The maximum Gasteiger partial charge on any atom is 0.254 e. The van der Waals surface area contributed by atoms with Crippen LogP contribution < -0.4 is 14.8 Å². The molecule has 30 heavy (non-hydrogen) atoms. The summed E-state index contributed by atoms with van der Waals surface area (Å²) in [6.45, 7) is 0. The van der Waals surface area contributed by atoms with Crippen molar-refractivity contribution in [2.45, 2.75) is 12.1 Å². The number of likely N-dealkylation sites (tertiary alicyclic amines) is 1. The second-order valence-electron chi connectivity index (χ2n) is 7.60. The fourth-order valence-corrected chi connectivity index (χ4v) is 4.86. The highest BCUT2D eigenvalue weighted by Gasteiger charge is 2.63. The van der Waals surface area contributed by atoms with E-state index in [1.54, 1.807) is 20.5 Å². The lowest BCUT2D eigenvalue weighted by Gasteiger charge is -2.41. The van der Waals surface area contributed by atoms with Crippen LogP contribution >= 0.6 is 0 Å². The summed E-state index contributed by atoms with van der Waals surface area (Å²) in [7, 11) is 3.16. The van der Waals surface area contributed by atoms with Gasteiger partial charge >= 0.3 is 0 Å². The van der Waals surface area contributed by atoms with Gasteiger partial charge in [-0.3, -0.25) is 24.1 Å². The van der Waals surface area contributed by atoms with Crippen LogP contribution in [0.25, 0.3) is 5.69 Å². The van der Waals surface area contributed by atoms with Gasteiger partial charge in [0, 0.05) is 7.05 Å². The molecule has 0 spiro atoms. The molecule has 6 rings (SSSR count). The number of nitrogens with zero attached hydrogens (tertiary/aromatic N) is 6. The van der Waals surface area contributed by atoms with E-state index in [-0.39, 0.29) is 17.9 Å². The van der Waals surface area contributed by atoms with Gasteiger partial charge in [-0.25, -0.2) is 5.01 Å². The second-order valence-corrected chi connectivity index (χ2v) is 7.60. The van der Waals surface area contributed by atoms with Crippen LogP contribution in [0.1, 0.15) is 11.6 Å². The molecule has 2 aromatic carbocycles. The molecule has 1 aromatic heterocycles. The van der Waals surface area contributed by atoms with Crippen molar-refractivity contribution in [3.63, 3.8) is 0 Å². The first-order valence-electron chi connectivity index (χ1n) is 9.65. The fraction of sp³-hybridized carbons (Fsp3) is 0.238. The first kappa shape index (κ1) is 17.0. The number of imide groups is 1. The molecule has 0 aliphatic carbocycles. The molecule has 0 N–H and O–H groups in total. The Balaban J connectivity index is 1.61. The highest BCUT2D eigenvalue weighted by Crippen LogP contribution is 2.52. The number of likely N-dealkylation sites (N-methyl/N-ethyl adjacent to an activating group) is 1. The van der Waals surface area contributed by atoms with Crippen molar-refractivity contribution < 1.29 is 14.3 Å². The zero-order valence-electron chi connectivity index (χ0n) is 16.3. The minimum atomic E-state index is -0.675. The van der Waals surface area contributed by atoms with Crippen LogP contribution in [0.15, 0.2) is 54.9 Å². The molecule has 9 heteroatoms. The number of carbonyl (C=O) groups is 2. The summed E-state index contributed by atoms with van der Waals surface area (Å²) in [6, 6.07) is 14.5. The Morgan fingerprint density at radius 2 is 1.63 bits per heavy atom. The molecule has 0 saturated carbocycles. The van der Waals surface area contributed by atoms with Gasteiger partial charge in [0.05, 0.1) is 30.4 Å². The Morgan fingerprint density at radius 3 is 2.37 bits per heavy atom. The largest absolute Gasteiger partial charge is 0.497 e. The number of methoxy groups -OCH3 is 1. The number of amides is 2. The lowest BCUT2D eigenvalue weighted by molar-refractivity contribution is -0.138. The number of benzene rings is 2. The first-order chi connectivity index (χ1) is 14.6. The van der Waals surface area contributed by atoms with Gasteiger partial charge in [0.15, 0.2) is 0 Å². The predicted octanol–water partition coefficient (Wildman–Crippen LogP) is 1.56. The molecule has 0 unspecified atom stereocenters. The standard InChI is InChI=1S/C21H18N6O3/c1-24-19(28)16-17(12-7-9-13(30-2)10-8-12)26-15-6-4-3-5-14(15)25-11-22-23-21(25)27(26)18(16)20(24)29/h3-11,16-18H,1-2H3/t16-,17-,18+/m0/s1. The van der Waals surface area contributed by atoms with Crippen LogP contribution in [0, 0.1) is 5.92 Å². The van der Waals surface area contributed by atoms with Crippen molar-refractivity contribution in [3.8, 4) is 11.4 Å². The molecule has 150 valence electrons. The number of anilines is 2. The number of rotatable bonds is 2. The van der Waals surface area contributed by atoms with Crippen LogP contribution in [0.4, 0.5) is 11.6 Å². The van der Waals surface area contributed by atoms with Crippen LogP contribution in [0.3, 0.4) is 0 Å². The number of ether oxygens (including phenoxy) is 1. The van der Waals surface area contributed by atoms with Crippen molar-refractivity contribution in [1.82, 2.24) is 19.7 Å². The van der Waals surface area contributed by atoms with Crippen LogP contribution in [0.5, 0.6) is 5.75 Å². The monoisotopic (exact) mass is 402 g/mol. The number of fused-ring (bicyclic) bond motifs is 8. The van der Waals surface area contributed by atoms with E-state index >= 15 is 0 Å². The fourth-order valence-electron chi connectivity index (χ4n) is 4.86. The summed E-state index contributed by atoms with van der Waals surface area (Å²) in [5.74, 6) is 0.266. The molecule has 9 nitrogen and oxygen atoms in total. The van der Waals surface area contributed by atoms with Gasteiger partial charge in [-0.05, 0) is 29.8 Å². The first-order valence-corrected chi connectivity index (χ1v) is 9.65. The number of aromatic nitrogens is 3. The lowest BCUT2D eigenvalue weighted by atomic mass is 9.90. The van der Waals surface area contributed by atoms with Crippen molar-refractivity contribution in [1.29, 1.82) is 0 Å². The van der Waals surface area contributed by atoms with E-state index in [9.17, 15) is 9.59 Å². The minimum absolute atomic E-state index is 0.191. The van der Waals surface area contributed by atoms with Gasteiger partial charge < -0.3 is 4.74 Å². The molecule has 4 heterocycles. The number of hydrazine groups is 1. The molecule has 3 aliphatic heterocycles. The van der Waals surface area contributed by atoms with Crippen molar-refractivity contribution in [3.05, 3.63) is 60.4 Å². The van der Waals surface area contributed by atoms with E-state index in [0.717, 1.165) is 22.7 Å². The summed E-state index contributed by atoms with van der Waals surface area (Å²) in [5, 5.41) is 12.2. The van der Waals surface area contributed by atoms with E-state index in [1.807, 2.05) is 63.1 Å². The Bertz CT molecular complexity index is 1190. The third-order valence-corrected chi connectivity index (χ3v) is 6.22. The van der Waals surface area contributed by atoms with E-state index in [4.69, 9.17) is 4.74 Å². The topological polar surface area (TPSA) is 83.8 Å². The van der Waals surface area contributed by atoms with Crippen molar-refractivity contribution in [2.75, 3.05) is 24.2 Å². The lowest BCUT2D eigenvalue weighted by Crippen LogP contribution is -2.50. The van der Waals surface area contributed by atoms with E-state index in [2.05, 4.69) is 10.2 Å². The average Bonchev–Trinajstić information content (AvgIpc) is 3.45. The molecule has 2 fully saturated rings. The maximum atomic E-state index is 13.2. The van der Waals surface area contributed by atoms with Crippen molar-refractivity contribution in [2.24, 2.45) is 5.92 Å². The maximum absolute atomic E-state index is 13.2. The molecule has 2 amide bonds. The second kappa shape index (κ2) is 5.82. The predicted molar refractivity (Wildman–Crippen MR) is 107 cm³/mol. The number of carbonyl (C=O) groups excluding carboxylic acids is 2. The Kier molecular flexibility index (Phi) is 3.30. The van der Waals surface area contributed by atoms with Gasteiger partial charge in [0.2, 0.25) is 5.91 Å². The quantitative estimate of drug-likeness (QED) is 0.602. The van der Waals surface area contributed by atoms with Gasteiger partial charge in [0.1, 0.15) is 18.1 Å². The Labute approximate surface area is 172 Å². The van der Waals surface area contributed by atoms with E-state index in [0.29, 0.717) is 5.95 Å². The molecular formula is C21H18N6O3. The summed E-state index contributed by atoms with van der Waals surface area (Å²) in [4.78, 5) is 27.6. The van der Waals surface area contributed by atoms with Gasteiger partial charge in [-0.15, -0.1) is 10.2 Å². The van der Waals surface area contributed by atoms with Gasteiger partial charge in [-0.2, -0.15) is 0 Å². The third-order valence-electron chi connectivity index (χ3n) is 6.22. The summed E-state index contributed by atoms with van der Waals surface area (Å²) < 4.78 is 7.15. The number of para-hydroxylation sites is 2. The van der Waals surface area contributed by atoms with E-state index in [1.165, 1.54) is 4.90 Å². The normalized spacial score (nSPS) is 23.9. The van der Waals surface area contributed by atoms with Crippen LogP contribution in [-0.4, -0.2) is 51.7 Å². The summed E-state index contributed by atoms with van der Waals surface area (Å²) in [6.07, 6.45) is 1.63. The molecule has 0 radical (unpaired) electrons. The minimum Gasteiger partial charge on any atom is -0.497 e. The summed E-state index contributed by atoms with van der Waals surface area (Å²) in [5.41, 5.74) is 2.72. The smallest absolute Gasteiger partial charge is 0.254 e. The van der Waals surface area contributed by atoms with E-state index < -0.39 is 12.0 Å². The molecule has 2 saturated heterocycles. The zero-order valence-corrected chi connectivity index (χ0v) is 16.3. The number of hydrogen-bond acceptors (Lipinski definition) is 7. The SMILES string of the molecule is COc1ccc([C@H]2[C@@H]3C(=O)N(C)C(=O)[C@@H]3N3c4nncn4-c4ccccc4N23)cc1. The molecule has 3 atom stereocenters.